The van der Waals surface area contributed by atoms with E-state index in [2.05, 4.69) is 20.7 Å². The van der Waals surface area contributed by atoms with Crippen LogP contribution in [0.3, 0.4) is 0 Å². The fourth-order valence-electron chi connectivity index (χ4n) is 3.11. The van der Waals surface area contributed by atoms with Crippen molar-refractivity contribution in [3.8, 4) is 0 Å². The summed E-state index contributed by atoms with van der Waals surface area (Å²) in [5.41, 5.74) is -3.11. The van der Waals surface area contributed by atoms with Gasteiger partial charge < -0.3 is 39.8 Å². The zero-order valence-electron chi connectivity index (χ0n) is 25.4. The number of amides is 3. The van der Waals surface area contributed by atoms with Gasteiger partial charge in [0, 0.05) is 37.3 Å². The highest BCUT2D eigenvalue weighted by atomic mass is 35.5. The van der Waals surface area contributed by atoms with E-state index in [9.17, 15) is 19.2 Å². The molecule has 2 rings (SSSR count). The quantitative estimate of drug-likeness (QED) is 0.156. The third kappa shape index (κ3) is 30.5. The molecule has 0 aromatic heterocycles. The fraction of sp³-hybridized carbons (Fsp3) is 0.846. The van der Waals surface area contributed by atoms with Crippen molar-refractivity contribution in [2.24, 2.45) is 0 Å². The molecule has 2 aliphatic heterocycles. The van der Waals surface area contributed by atoms with Crippen LogP contribution >= 0.6 is 58.0 Å². The van der Waals surface area contributed by atoms with Gasteiger partial charge in [0.2, 0.25) is 0 Å². The number of hydrogen-bond donors (Lipinski definition) is 3. The minimum Gasteiger partial charge on any atom is -0.444 e. The summed E-state index contributed by atoms with van der Waals surface area (Å²) in [6, 6.07) is 0.114. The van der Waals surface area contributed by atoms with E-state index in [1.54, 1.807) is 27.7 Å². The summed E-state index contributed by atoms with van der Waals surface area (Å²) in [5.74, 6) is 0. The first-order valence-corrected chi connectivity index (χ1v) is 15.4. The van der Waals surface area contributed by atoms with Gasteiger partial charge in [-0.15, -0.1) is 23.2 Å². The standard InChI is InChI=1S/C12H21ClN2O4.C9H18N2O2.C3H4Cl2O2.CH2Cl2.CH4/c1-8(13)18-11(17)15-6-5-9(7-15)14-10(16)19-12(2,3)4;1-9(2,3)13-8(12)11-7-4-5-10-6-7;1-2(4)7-3(5)6;2-1-3;/h8-9H,5-7H2,1-4H3,(H,14,16);7,10H,4-6H2,1-3H3,(H,11,12);2H,1H3;1H2;1H4/t8?,9-;7-;;;/m11.../s1. The summed E-state index contributed by atoms with van der Waals surface area (Å²) < 4.78 is 19.3. The number of likely N-dealkylation sites (tertiary alicyclic amines) is 1. The number of alkyl carbamates (subject to hydrolysis) is 2. The number of nitrogens with zero attached hydrogens (tertiary/aromatic N) is 1. The van der Waals surface area contributed by atoms with Gasteiger partial charge in [0.05, 0.1) is 11.4 Å². The van der Waals surface area contributed by atoms with Crippen molar-refractivity contribution in [2.75, 3.05) is 31.5 Å². The average Bonchev–Trinajstić information content (AvgIpc) is 3.43. The highest BCUT2D eigenvalue weighted by Gasteiger charge is 2.30. The van der Waals surface area contributed by atoms with Gasteiger partial charge in [-0.05, 0) is 74.8 Å². The summed E-state index contributed by atoms with van der Waals surface area (Å²) in [4.78, 5) is 45.7. The molecule has 43 heavy (non-hydrogen) atoms. The second-order valence-electron chi connectivity index (χ2n) is 10.8. The van der Waals surface area contributed by atoms with E-state index in [0.29, 0.717) is 19.5 Å². The molecule has 2 aliphatic rings. The van der Waals surface area contributed by atoms with Crippen molar-refractivity contribution in [3.63, 3.8) is 0 Å². The third-order valence-electron chi connectivity index (χ3n) is 4.47. The molecular weight excluding hydrogens is 674 g/mol. The Balaban J connectivity index is -0.000000577. The number of alkyl halides is 4. The summed E-state index contributed by atoms with van der Waals surface area (Å²) in [5, 5.41) is 8.91. The molecule has 2 saturated heterocycles. The van der Waals surface area contributed by atoms with Crippen LogP contribution in [0.1, 0.15) is 75.7 Å². The molecule has 4 atom stereocenters. The minimum absolute atomic E-state index is 0. The Labute approximate surface area is 281 Å². The van der Waals surface area contributed by atoms with Crippen molar-refractivity contribution in [1.82, 2.24) is 20.9 Å². The Morgan fingerprint density at radius 1 is 0.860 bits per heavy atom. The molecule has 256 valence electrons. The highest BCUT2D eigenvalue weighted by molar-refractivity contribution is 6.61. The normalized spacial score (nSPS) is 18.7. The van der Waals surface area contributed by atoms with Crippen molar-refractivity contribution in [3.05, 3.63) is 0 Å². The SMILES string of the molecule is C.CC(C)(C)OC(=O)N[C@@H]1CCNC1.CC(Cl)OC(=O)Cl.CC(Cl)OC(=O)N1CC[C@@H](NC(=O)OC(C)(C)C)C1.ClCCl. The number of hydrogen-bond acceptors (Lipinski definition) is 9. The first-order valence-electron chi connectivity index (χ1n) is 13.1. The molecule has 3 amide bonds. The molecule has 2 heterocycles. The summed E-state index contributed by atoms with van der Waals surface area (Å²) in [7, 11) is 0. The molecule has 0 aromatic rings. The van der Waals surface area contributed by atoms with E-state index in [1.807, 2.05) is 20.8 Å². The molecule has 2 fully saturated rings. The van der Waals surface area contributed by atoms with Crippen LogP contribution in [0.5, 0.6) is 0 Å². The van der Waals surface area contributed by atoms with Gasteiger partial charge >= 0.3 is 23.7 Å². The Hall–Kier alpha value is -1.31. The molecule has 0 saturated carbocycles. The van der Waals surface area contributed by atoms with Crippen molar-refractivity contribution in [2.45, 2.75) is 110 Å². The lowest BCUT2D eigenvalue weighted by atomic mass is 10.2. The van der Waals surface area contributed by atoms with E-state index in [0.717, 1.165) is 19.5 Å². The van der Waals surface area contributed by atoms with Crippen molar-refractivity contribution in [1.29, 1.82) is 0 Å². The topological polar surface area (TPSA) is 145 Å². The Kier molecular flexibility index (Phi) is 25.7. The van der Waals surface area contributed by atoms with Crippen LogP contribution < -0.4 is 16.0 Å². The van der Waals surface area contributed by atoms with E-state index in [-0.39, 0.29) is 30.9 Å². The Morgan fingerprint density at radius 3 is 1.63 bits per heavy atom. The van der Waals surface area contributed by atoms with Crippen LogP contribution in [-0.2, 0) is 18.9 Å². The second-order valence-corrected chi connectivity index (χ2v) is 13.2. The van der Waals surface area contributed by atoms with Crippen LogP contribution in [0.15, 0.2) is 0 Å². The van der Waals surface area contributed by atoms with Crippen molar-refractivity contribution < 1.29 is 38.1 Å². The van der Waals surface area contributed by atoms with Crippen LogP contribution in [0.25, 0.3) is 0 Å². The molecule has 0 aliphatic carbocycles. The Bertz CT molecular complexity index is 805. The maximum Gasteiger partial charge on any atom is 0.411 e. The molecule has 0 bridgehead atoms. The van der Waals surface area contributed by atoms with Gasteiger partial charge in [-0.25, -0.2) is 19.2 Å². The van der Waals surface area contributed by atoms with Gasteiger partial charge in [-0.3, -0.25) is 0 Å². The van der Waals surface area contributed by atoms with E-state index in [4.69, 9.17) is 72.2 Å². The number of ether oxygens (including phenoxy) is 4. The smallest absolute Gasteiger partial charge is 0.411 e. The summed E-state index contributed by atoms with van der Waals surface area (Å²) >= 11 is 25.0. The lowest BCUT2D eigenvalue weighted by Gasteiger charge is -2.22. The summed E-state index contributed by atoms with van der Waals surface area (Å²) in [6.45, 7) is 16.8. The number of carbonyl (C=O) groups is 4. The molecule has 0 aromatic carbocycles. The van der Waals surface area contributed by atoms with Gasteiger partial charge in [-0.1, -0.05) is 30.6 Å². The zero-order valence-corrected chi connectivity index (χ0v) is 29.1. The highest BCUT2D eigenvalue weighted by Crippen LogP contribution is 2.14. The lowest BCUT2D eigenvalue weighted by Crippen LogP contribution is -2.41. The molecular formula is C26H49Cl5N4O8. The summed E-state index contributed by atoms with van der Waals surface area (Å²) in [6.07, 6.45) is 0.403. The van der Waals surface area contributed by atoms with E-state index < -0.39 is 39.9 Å². The number of carbonyl (C=O) groups excluding carboxylic acids is 4. The van der Waals surface area contributed by atoms with Crippen LogP contribution in [0, 0.1) is 0 Å². The molecule has 2 unspecified atom stereocenters. The second kappa shape index (κ2) is 24.0. The first kappa shape index (κ1) is 46.1. The first-order chi connectivity index (χ1) is 19.2. The molecule has 17 heteroatoms. The molecule has 12 nitrogen and oxygen atoms in total. The van der Waals surface area contributed by atoms with Crippen LogP contribution in [-0.4, -0.2) is 94.5 Å². The van der Waals surface area contributed by atoms with Crippen LogP contribution in [0.4, 0.5) is 19.2 Å². The Morgan fingerprint density at radius 2 is 1.30 bits per heavy atom. The van der Waals surface area contributed by atoms with Gasteiger partial charge in [0.25, 0.3) is 0 Å². The fourth-order valence-corrected chi connectivity index (χ4v) is 3.45. The number of rotatable bonds is 4. The molecule has 0 spiro atoms. The third-order valence-corrected chi connectivity index (χ3v) is 4.73. The van der Waals surface area contributed by atoms with Gasteiger partial charge in [0.15, 0.2) is 11.1 Å². The van der Waals surface area contributed by atoms with Gasteiger partial charge in [-0.2, -0.15) is 0 Å². The molecule has 0 radical (unpaired) electrons. The monoisotopic (exact) mass is 720 g/mol. The number of nitrogens with one attached hydrogen (secondary N) is 3. The van der Waals surface area contributed by atoms with Crippen molar-refractivity contribution >= 4 is 81.7 Å². The largest absolute Gasteiger partial charge is 0.444 e. The lowest BCUT2D eigenvalue weighted by molar-refractivity contribution is 0.0494. The van der Waals surface area contributed by atoms with Crippen LogP contribution in [0.2, 0.25) is 0 Å². The predicted molar refractivity (Wildman–Crippen MR) is 173 cm³/mol. The number of halogens is 5. The maximum absolute atomic E-state index is 11.6. The zero-order chi connectivity index (χ0) is 33.1. The average molecular weight is 723 g/mol. The maximum atomic E-state index is 11.6. The van der Waals surface area contributed by atoms with E-state index >= 15 is 0 Å². The molecule has 3 N–H and O–H groups in total. The minimum atomic E-state index is -0.873. The van der Waals surface area contributed by atoms with Gasteiger partial charge in [0.1, 0.15) is 11.2 Å². The van der Waals surface area contributed by atoms with E-state index in [1.165, 1.54) is 11.8 Å². The predicted octanol–water partition coefficient (Wildman–Crippen LogP) is 7.18.